The lowest BCUT2D eigenvalue weighted by Crippen LogP contribution is -2.39. The molecule has 0 saturated carbocycles. The summed E-state index contributed by atoms with van der Waals surface area (Å²) in [5.41, 5.74) is 8.64. The summed E-state index contributed by atoms with van der Waals surface area (Å²) in [6, 6.07) is 6.76. The Labute approximate surface area is 95.8 Å². The Morgan fingerprint density at radius 1 is 1.53 bits per heavy atom. The molecule has 0 aromatic heterocycles. The molecule has 0 amide bonds. The largest absolute Gasteiger partial charge is 0.368 e. The zero-order chi connectivity index (χ0) is 10.8. The Kier molecular flexibility index (Phi) is 3.22. The van der Waals surface area contributed by atoms with Gasteiger partial charge in [0.1, 0.15) is 0 Å². The first kappa shape index (κ1) is 10.8. The molecule has 1 aromatic carbocycles. The first-order chi connectivity index (χ1) is 7.18. The summed E-state index contributed by atoms with van der Waals surface area (Å²) >= 11 is 1.95. The van der Waals surface area contributed by atoms with Crippen molar-refractivity contribution in [3.8, 4) is 0 Å². The van der Waals surface area contributed by atoms with Crippen LogP contribution in [0.15, 0.2) is 23.1 Å². The van der Waals surface area contributed by atoms with Gasteiger partial charge in [0.2, 0.25) is 0 Å². The van der Waals surface area contributed by atoms with E-state index < -0.39 is 0 Å². The van der Waals surface area contributed by atoms with Crippen molar-refractivity contribution >= 4 is 17.4 Å². The molecule has 0 aliphatic carbocycles. The molecule has 1 aromatic rings. The van der Waals surface area contributed by atoms with Crippen LogP contribution in [0.2, 0.25) is 0 Å². The zero-order valence-electron chi connectivity index (χ0n) is 9.36. The molecule has 82 valence electrons. The van der Waals surface area contributed by atoms with Gasteiger partial charge in [-0.05, 0) is 25.5 Å². The number of nitrogens with two attached hydrogens (primary N) is 1. The van der Waals surface area contributed by atoms with Gasteiger partial charge in [-0.2, -0.15) is 0 Å². The lowest BCUT2D eigenvalue weighted by Gasteiger charge is -2.33. The van der Waals surface area contributed by atoms with E-state index in [9.17, 15) is 0 Å². The van der Waals surface area contributed by atoms with Crippen molar-refractivity contribution in [1.29, 1.82) is 0 Å². The van der Waals surface area contributed by atoms with Gasteiger partial charge < -0.3 is 10.6 Å². The number of aryl methyl sites for hydroxylation is 1. The monoisotopic (exact) mass is 222 g/mol. The van der Waals surface area contributed by atoms with Crippen LogP contribution in [0.4, 0.5) is 5.69 Å². The van der Waals surface area contributed by atoms with E-state index in [1.54, 1.807) is 0 Å². The van der Waals surface area contributed by atoms with Gasteiger partial charge >= 0.3 is 0 Å². The van der Waals surface area contributed by atoms with Gasteiger partial charge in [0, 0.05) is 29.8 Å². The van der Waals surface area contributed by atoms with E-state index in [4.69, 9.17) is 5.73 Å². The second-order valence-corrected chi connectivity index (χ2v) is 5.33. The van der Waals surface area contributed by atoms with Gasteiger partial charge in [-0.3, -0.25) is 0 Å². The fourth-order valence-corrected chi connectivity index (χ4v) is 3.19. The summed E-state index contributed by atoms with van der Waals surface area (Å²) in [5, 5.41) is 0. The van der Waals surface area contributed by atoms with Crippen molar-refractivity contribution in [3.05, 3.63) is 23.8 Å². The predicted molar refractivity (Wildman–Crippen MR) is 67.8 cm³/mol. The summed E-state index contributed by atoms with van der Waals surface area (Å²) in [7, 11) is 0. The lowest BCUT2D eigenvalue weighted by atomic mass is 10.1. The van der Waals surface area contributed by atoms with Crippen LogP contribution in [-0.4, -0.2) is 24.9 Å². The molecular weight excluding hydrogens is 204 g/mol. The minimum Gasteiger partial charge on any atom is -0.368 e. The highest BCUT2D eigenvalue weighted by molar-refractivity contribution is 7.99. The van der Waals surface area contributed by atoms with E-state index in [-0.39, 0.29) is 6.04 Å². The molecule has 3 heteroatoms. The van der Waals surface area contributed by atoms with Crippen molar-refractivity contribution < 1.29 is 0 Å². The molecule has 0 saturated heterocycles. The van der Waals surface area contributed by atoms with E-state index in [2.05, 4.69) is 36.9 Å². The minimum absolute atomic E-state index is 0.237. The van der Waals surface area contributed by atoms with Crippen molar-refractivity contribution in [2.75, 3.05) is 23.7 Å². The predicted octanol–water partition coefficient (Wildman–Crippen LogP) is 2.25. The first-order valence-corrected chi connectivity index (χ1v) is 6.40. The fourth-order valence-electron chi connectivity index (χ4n) is 2.06. The van der Waals surface area contributed by atoms with Crippen LogP contribution < -0.4 is 10.6 Å². The van der Waals surface area contributed by atoms with Crippen LogP contribution in [0.1, 0.15) is 12.5 Å². The van der Waals surface area contributed by atoms with Crippen molar-refractivity contribution in [1.82, 2.24) is 0 Å². The average molecular weight is 222 g/mol. The van der Waals surface area contributed by atoms with Gasteiger partial charge in [-0.1, -0.05) is 12.1 Å². The number of anilines is 1. The molecule has 2 nitrogen and oxygen atoms in total. The van der Waals surface area contributed by atoms with Crippen LogP contribution in [0.3, 0.4) is 0 Å². The molecule has 15 heavy (non-hydrogen) atoms. The highest BCUT2D eigenvalue weighted by atomic mass is 32.2. The molecule has 1 aliphatic heterocycles. The lowest BCUT2D eigenvalue weighted by molar-refractivity contribution is 0.683. The maximum absolute atomic E-state index is 5.88. The Hall–Kier alpha value is -0.670. The zero-order valence-corrected chi connectivity index (χ0v) is 10.2. The SMILES string of the molecule is Cc1cccc2c1N(CC(C)N)CCS2. The molecule has 2 N–H and O–H groups in total. The third kappa shape index (κ3) is 2.29. The summed E-state index contributed by atoms with van der Waals surface area (Å²) in [6.45, 7) is 6.32. The third-order valence-electron chi connectivity index (χ3n) is 2.64. The number of thioether (sulfide) groups is 1. The quantitative estimate of drug-likeness (QED) is 0.832. The minimum atomic E-state index is 0.237. The molecule has 0 fully saturated rings. The van der Waals surface area contributed by atoms with Gasteiger partial charge in [-0.15, -0.1) is 11.8 Å². The molecular formula is C12H18N2S. The van der Waals surface area contributed by atoms with Crippen LogP contribution >= 0.6 is 11.8 Å². The molecule has 0 bridgehead atoms. The summed E-state index contributed by atoms with van der Waals surface area (Å²) in [4.78, 5) is 3.83. The standard InChI is InChI=1S/C12H18N2S/c1-9-4-3-5-11-12(9)14(6-7-15-11)8-10(2)13/h3-5,10H,6-8,13H2,1-2H3. The van der Waals surface area contributed by atoms with E-state index in [1.165, 1.54) is 21.9 Å². The maximum Gasteiger partial charge on any atom is 0.0534 e. The number of hydrogen-bond donors (Lipinski definition) is 1. The highest BCUT2D eigenvalue weighted by Gasteiger charge is 2.19. The van der Waals surface area contributed by atoms with Crippen LogP contribution in [0.5, 0.6) is 0 Å². The Morgan fingerprint density at radius 2 is 2.33 bits per heavy atom. The summed E-state index contributed by atoms with van der Waals surface area (Å²) in [6.07, 6.45) is 0. The Balaban J connectivity index is 2.32. The smallest absolute Gasteiger partial charge is 0.0534 e. The number of nitrogens with zero attached hydrogens (tertiary/aromatic N) is 1. The van der Waals surface area contributed by atoms with E-state index in [0.29, 0.717) is 0 Å². The Bertz CT molecular complexity index is 349. The fraction of sp³-hybridized carbons (Fsp3) is 0.500. The van der Waals surface area contributed by atoms with Crippen LogP contribution in [0, 0.1) is 6.92 Å². The topological polar surface area (TPSA) is 29.3 Å². The summed E-state index contributed by atoms with van der Waals surface area (Å²) < 4.78 is 0. The third-order valence-corrected chi connectivity index (χ3v) is 3.67. The average Bonchev–Trinajstić information content (AvgIpc) is 2.17. The van der Waals surface area contributed by atoms with E-state index in [0.717, 1.165) is 13.1 Å². The van der Waals surface area contributed by atoms with E-state index >= 15 is 0 Å². The molecule has 1 atom stereocenters. The molecule has 1 heterocycles. The van der Waals surface area contributed by atoms with Gasteiger partial charge in [0.15, 0.2) is 0 Å². The normalized spacial score (nSPS) is 17.4. The van der Waals surface area contributed by atoms with Crippen LogP contribution in [-0.2, 0) is 0 Å². The molecule has 0 radical (unpaired) electrons. The van der Waals surface area contributed by atoms with Crippen molar-refractivity contribution in [2.45, 2.75) is 24.8 Å². The number of benzene rings is 1. The van der Waals surface area contributed by atoms with Gasteiger partial charge in [0.25, 0.3) is 0 Å². The molecule has 2 rings (SSSR count). The second-order valence-electron chi connectivity index (χ2n) is 4.19. The highest BCUT2D eigenvalue weighted by Crippen LogP contribution is 2.36. The number of para-hydroxylation sites is 1. The molecule has 1 aliphatic rings. The number of fused-ring (bicyclic) bond motifs is 1. The molecule has 1 unspecified atom stereocenters. The van der Waals surface area contributed by atoms with Gasteiger partial charge in [-0.25, -0.2) is 0 Å². The number of hydrogen-bond acceptors (Lipinski definition) is 3. The summed E-state index contributed by atoms with van der Waals surface area (Å²) in [5.74, 6) is 1.17. The van der Waals surface area contributed by atoms with Crippen molar-refractivity contribution in [2.24, 2.45) is 5.73 Å². The van der Waals surface area contributed by atoms with Gasteiger partial charge in [0.05, 0.1) is 5.69 Å². The van der Waals surface area contributed by atoms with Crippen molar-refractivity contribution in [3.63, 3.8) is 0 Å². The maximum atomic E-state index is 5.88. The van der Waals surface area contributed by atoms with Crippen LogP contribution in [0.25, 0.3) is 0 Å². The second kappa shape index (κ2) is 4.45. The molecule has 0 spiro atoms. The van der Waals surface area contributed by atoms with E-state index in [1.807, 2.05) is 11.8 Å². The number of rotatable bonds is 2. The Morgan fingerprint density at radius 3 is 3.07 bits per heavy atom. The first-order valence-electron chi connectivity index (χ1n) is 5.41.